The predicted molar refractivity (Wildman–Crippen MR) is 81.7 cm³/mol. The van der Waals surface area contributed by atoms with Gasteiger partial charge in [0, 0.05) is 17.1 Å². The van der Waals surface area contributed by atoms with E-state index in [-0.39, 0.29) is 24.4 Å². The van der Waals surface area contributed by atoms with Crippen LogP contribution in [0, 0.1) is 0 Å². The molecule has 0 radical (unpaired) electrons. The number of hydrogen-bond donors (Lipinski definition) is 2. The van der Waals surface area contributed by atoms with E-state index in [0.29, 0.717) is 21.7 Å². The average Bonchev–Trinajstić information content (AvgIpc) is 2.32. The van der Waals surface area contributed by atoms with Crippen molar-refractivity contribution in [3.63, 3.8) is 0 Å². The Morgan fingerprint density at radius 2 is 2.16 bits per heavy atom. The summed E-state index contributed by atoms with van der Waals surface area (Å²) in [6.07, 6.45) is 1.87. The largest absolute Gasteiger partial charge is 0.349 e. The zero-order chi connectivity index (χ0) is 13.1. The number of rotatable bonds is 2. The maximum atomic E-state index is 12.1. The van der Waals surface area contributed by atoms with Crippen molar-refractivity contribution in [2.75, 3.05) is 6.54 Å². The van der Waals surface area contributed by atoms with Gasteiger partial charge in [-0.05, 0) is 44.5 Å². The second-order valence-corrected chi connectivity index (χ2v) is 5.52. The number of piperidine rings is 1. The zero-order valence-electron chi connectivity index (χ0n) is 10.6. The molecule has 0 bridgehead atoms. The van der Waals surface area contributed by atoms with Crippen molar-refractivity contribution in [3.05, 3.63) is 33.8 Å². The average molecular weight is 324 g/mol. The molecule has 2 unspecified atom stereocenters. The number of amides is 1. The van der Waals surface area contributed by atoms with Crippen LogP contribution in [0.2, 0.25) is 10.0 Å². The van der Waals surface area contributed by atoms with E-state index < -0.39 is 0 Å². The summed E-state index contributed by atoms with van der Waals surface area (Å²) in [7, 11) is 0. The molecule has 1 aromatic carbocycles. The summed E-state index contributed by atoms with van der Waals surface area (Å²) in [5, 5.41) is 7.30. The molecule has 6 heteroatoms. The number of nitrogens with one attached hydrogen (secondary N) is 2. The Balaban J connectivity index is 0.00000180. The van der Waals surface area contributed by atoms with Crippen LogP contribution in [0.5, 0.6) is 0 Å². The molecule has 1 heterocycles. The molecular weight excluding hydrogens is 307 g/mol. The molecule has 2 rings (SSSR count). The molecule has 1 saturated heterocycles. The number of halogens is 3. The van der Waals surface area contributed by atoms with E-state index >= 15 is 0 Å². The molecule has 1 aromatic rings. The Bertz CT molecular complexity index is 454. The summed E-state index contributed by atoms with van der Waals surface area (Å²) in [6, 6.07) is 5.54. The molecule has 0 aromatic heterocycles. The van der Waals surface area contributed by atoms with Gasteiger partial charge in [-0.2, -0.15) is 0 Å². The third-order valence-corrected chi connectivity index (χ3v) is 3.70. The highest BCUT2D eigenvalue weighted by molar-refractivity contribution is 6.35. The zero-order valence-corrected chi connectivity index (χ0v) is 12.9. The molecule has 0 spiro atoms. The topological polar surface area (TPSA) is 41.1 Å². The fraction of sp³-hybridized carbons (Fsp3) is 0.462. The minimum Gasteiger partial charge on any atom is -0.349 e. The molecule has 19 heavy (non-hydrogen) atoms. The normalized spacial score (nSPS) is 22.5. The van der Waals surface area contributed by atoms with Crippen LogP contribution in [0.3, 0.4) is 0 Å². The summed E-state index contributed by atoms with van der Waals surface area (Å²) in [5.74, 6) is -0.151. The first kappa shape index (κ1) is 16.6. The van der Waals surface area contributed by atoms with Gasteiger partial charge in [-0.1, -0.05) is 23.2 Å². The van der Waals surface area contributed by atoms with E-state index in [4.69, 9.17) is 23.2 Å². The van der Waals surface area contributed by atoms with Crippen molar-refractivity contribution in [1.29, 1.82) is 0 Å². The molecule has 2 N–H and O–H groups in total. The highest BCUT2D eigenvalue weighted by Gasteiger charge is 2.21. The van der Waals surface area contributed by atoms with Crippen molar-refractivity contribution in [3.8, 4) is 0 Å². The van der Waals surface area contributed by atoms with Gasteiger partial charge in [-0.25, -0.2) is 0 Å². The van der Waals surface area contributed by atoms with Crippen molar-refractivity contribution < 1.29 is 4.79 Å². The minimum atomic E-state index is -0.151. The summed E-state index contributed by atoms with van der Waals surface area (Å²) >= 11 is 11.9. The molecule has 1 fully saturated rings. The molecule has 2 atom stereocenters. The number of carbonyl (C=O) groups is 1. The number of hydrogen-bond acceptors (Lipinski definition) is 2. The van der Waals surface area contributed by atoms with Gasteiger partial charge >= 0.3 is 0 Å². The van der Waals surface area contributed by atoms with Gasteiger partial charge < -0.3 is 10.6 Å². The van der Waals surface area contributed by atoms with Gasteiger partial charge in [-0.15, -0.1) is 12.4 Å². The second-order valence-electron chi connectivity index (χ2n) is 4.67. The summed E-state index contributed by atoms with van der Waals surface area (Å²) in [5.41, 5.74) is 0.440. The quantitative estimate of drug-likeness (QED) is 0.877. The van der Waals surface area contributed by atoms with Gasteiger partial charge in [0.05, 0.1) is 10.6 Å². The molecule has 0 saturated carbocycles. The third-order valence-electron chi connectivity index (χ3n) is 3.13. The molecule has 3 nitrogen and oxygen atoms in total. The van der Waals surface area contributed by atoms with Crippen LogP contribution in [0.15, 0.2) is 18.2 Å². The van der Waals surface area contributed by atoms with Gasteiger partial charge in [0.15, 0.2) is 0 Å². The summed E-state index contributed by atoms with van der Waals surface area (Å²) in [4.78, 5) is 12.1. The Morgan fingerprint density at radius 1 is 1.42 bits per heavy atom. The molecule has 106 valence electrons. The predicted octanol–water partition coefficient (Wildman–Crippen LogP) is 3.29. The fourth-order valence-corrected chi connectivity index (χ4v) is 2.57. The second kappa shape index (κ2) is 7.34. The van der Waals surface area contributed by atoms with Gasteiger partial charge in [-0.3, -0.25) is 4.79 Å². The smallest absolute Gasteiger partial charge is 0.253 e. The Kier molecular flexibility index (Phi) is 6.40. The first-order chi connectivity index (χ1) is 8.56. The number of benzene rings is 1. The fourth-order valence-electron chi connectivity index (χ4n) is 2.20. The summed E-state index contributed by atoms with van der Waals surface area (Å²) in [6.45, 7) is 3.04. The molecular formula is C13H17Cl3N2O. The van der Waals surface area contributed by atoms with E-state index in [9.17, 15) is 4.79 Å². The van der Waals surface area contributed by atoms with Crippen LogP contribution in [-0.2, 0) is 0 Å². The molecule has 1 amide bonds. The maximum Gasteiger partial charge on any atom is 0.253 e. The lowest BCUT2D eigenvalue weighted by molar-refractivity contribution is 0.0926. The first-order valence-corrected chi connectivity index (χ1v) is 6.81. The molecule has 1 aliphatic heterocycles. The highest BCUT2D eigenvalue weighted by atomic mass is 35.5. The standard InChI is InChI=1S/C13H16Cl2N2O.ClH/c1-8-6-10(4-5-16-8)17-13(18)11-7-9(14)2-3-12(11)15;/h2-3,7-8,10,16H,4-6H2,1H3,(H,17,18);1H. The van der Waals surface area contributed by atoms with Crippen LogP contribution in [-0.4, -0.2) is 24.5 Å². The SMILES string of the molecule is CC1CC(NC(=O)c2cc(Cl)ccc2Cl)CCN1.Cl. The molecule has 0 aliphatic carbocycles. The van der Waals surface area contributed by atoms with E-state index in [0.717, 1.165) is 19.4 Å². The van der Waals surface area contributed by atoms with Gasteiger partial charge in [0.1, 0.15) is 0 Å². The van der Waals surface area contributed by atoms with Crippen molar-refractivity contribution in [1.82, 2.24) is 10.6 Å². The minimum absolute atomic E-state index is 0. The van der Waals surface area contributed by atoms with Crippen LogP contribution in [0.4, 0.5) is 0 Å². The van der Waals surface area contributed by atoms with Crippen molar-refractivity contribution in [2.24, 2.45) is 0 Å². The monoisotopic (exact) mass is 322 g/mol. The van der Waals surface area contributed by atoms with Crippen LogP contribution in [0.25, 0.3) is 0 Å². The lowest BCUT2D eigenvalue weighted by Crippen LogP contribution is -2.46. The Labute approximate surface area is 129 Å². The molecule has 1 aliphatic rings. The van der Waals surface area contributed by atoms with E-state index in [1.807, 2.05) is 0 Å². The summed E-state index contributed by atoms with van der Waals surface area (Å²) < 4.78 is 0. The van der Waals surface area contributed by atoms with E-state index in [2.05, 4.69) is 17.6 Å². The Hall–Kier alpha value is -0.480. The number of carbonyl (C=O) groups excluding carboxylic acids is 1. The maximum absolute atomic E-state index is 12.1. The lowest BCUT2D eigenvalue weighted by atomic mass is 10.0. The van der Waals surface area contributed by atoms with Gasteiger partial charge in [0.2, 0.25) is 0 Å². The van der Waals surface area contributed by atoms with Crippen LogP contribution >= 0.6 is 35.6 Å². The van der Waals surface area contributed by atoms with Crippen molar-refractivity contribution >= 4 is 41.5 Å². The van der Waals surface area contributed by atoms with Crippen LogP contribution < -0.4 is 10.6 Å². The first-order valence-electron chi connectivity index (χ1n) is 6.05. The van der Waals surface area contributed by atoms with E-state index in [1.54, 1.807) is 18.2 Å². The van der Waals surface area contributed by atoms with Gasteiger partial charge in [0.25, 0.3) is 5.91 Å². The van der Waals surface area contributed by atoms with Crippen LogP contribution in [0.1, 0.15) is 30.1 Å². The van der Waals surface area contributed by atoms with Crippen molar-refractivity contribution in [2.45, 2.75) is 31.8 Å². The van der Waals surface area contributed by atoms with E-state index in [1.165, 1.54) is 0 Å². The highest BCUT2D eigenvalue weighted by Crippen LogP contribution is 2.21. The Morgan fingerprint density at radius 3 is 2.84 bits per heavy atom. The lowest BCUT2D eigenvalue weighted by Gasteiger charge is -2.28. The third kappa shape index (κ3) is 4.53.